The fourth-order valence-corrected chi connectivity index (χ4v) is 2.63. The molecule has 0 atom stereocenters. The summed E-state index contributed by atoms with van der Waals surface area (Å²) < 4.78 is 6.04. The number of halogens is 1. The maximum Gasteiger partial charge on any atom is 0.221 e. The maximum absolute atomic E-state index is 11.2. The van der Waals surface area contributed by atoms with Crippen LogP contribution in [0.4, 0.5) is 5.69 Å². The Kier molecular flexibility index (Phi) is 9.94. The van der Waals surface area contributed by atoms with Gasteiger partial charge in [-0.15, -0.1) is 24.0 Å². The van der Waals surface area contributed by atoms with Crippen molar-refractivity contribution >= 4 is 41.5 Å². The molecule has 158 valence electrons. The van der Waals surface area contributed by atoms with Crippen LogP contribution in [0.1, 0.15) is 38.8 Å². The summed E-state index contributed by atoms with van der Waals surface area (Å²) in [5.74, 6) is 1.47. The van der Waals surface area contributed by atoms with Crippen molar-refractivity contribution in [3.63, 3.8) is 0 Å². The summed E-state index contributed by atoms with van der Waals surface area (Å²) in [6.07, 6.45) is 0. The Balaban J connectivity index is 0.00000420. The van der Waals surface area contributed by atoms with Gasteiger partial charge >= 0.3 is 0 Å². The van der Waals surface area contributed by atoms with E-state index in [2.05, 4.69) is 20.9 Å². The number of rotatable bonds is 6. The summed E-state index contributed by atoms with van der Waals surface area (Å²) in [6.45, 7) is 8.79. The number of hydrogen-bond acceptors (Lipinski definition) is 3. The smallest absolute Gasteiger partial charge is 0.221 e. The van der Waals surface area contributed by atoms with Crippen LogP contribution in [0.2, 0.25) is 0 Å². The van der Waals surface area contributed by atoms with Crippen molar-refractivity contribution in [2.45, 2.75) is 46.4 Å². The lowest BCUT2D eigenvalue weighted by molar-refractivity contribution is -0.114. The number of nitrogens with one attached hydrogen (secondary N) is 3. The van der Waals surface area contributed by atoms with E-state index in [1.165, 1.54) is 6.92 Å². The van der Waals surface area contributed by atoms with Gasteiger partial charge in [0.25, 0.3) is 0 Å². The number of hydrogen-bond donors (Lipinski definition) is 3. The molecule has 0 saturated carbocycles. The molecule has 0 bridgehead atoms. The van der Waals surface area contributed by atoms with Crippen molar-refractivity contribution in [2.24, 2.45) is 4.99 Å². The molecule has 0 aromatic heterocycles. The molecule has 6 nitrogen and oxygen atoms in total. The van der Waals surface area contributed by atoms with E-state index in [1.807, 2.05) is 69.3 Å². The van der Waals surface area contributed by atoms with E-state index in [0.29, 0.717) is 19.0 Å². The molecule has 0 radical (unpaired) electrons. The summed E-state index contributed by atoms with van der Waals surface area (Å²) in [7, 11) is 1.74. The number of ether oxygens (including phenoxy) is 1. The van der Waals surface area contributed by atoms with E-state index >= 15 is 0 Å². The first-order valence-electron chi connectivity index (χ1n) is 9.35. The van der Waals surface area contributed by atoms with Gasteiger partial charge in [0.2, 0.25) is 5.91 Å². The molecular formula is C22H31IN4O2. The number of benzene rings is 2. The van der Waals surface area contributed by atoms with Gasteiger partial charge in [-0.1, -0.05) is 30.3 Å². The molecule has 0 aliphatic heterocycles. The highest BCUT2D eigenvalue weighted by atomic mass is 127. The lowest BCUT2D eigenvalue weighted by Crippen LogP contribution is -2.36. The molecule has 2 aromatic rings. The number of carbonyl (C=O) groups excluding carboxylic acids is 1. The number of aliphatic imine (C=N–C) groups is 1. The summed E-state index contributed by atoms with van der Waals surface area (Å²) in [5, 5.41) is 9.40. The van der Waals surface area contributed by atoms with Crippen molar-refractivity contribution < 1.29 is 9.53 Å². The van der Waals surface area contributed by atoms with Gasteiger partial charge in [0, 0.05) is 38.3 Å². The van der Waals surface area contributed by atoms with Crippen molar-refractivity contribution in [3.8, 4) is 5.75 Å². The van der Waals surface area contributed by atoms with Crippen LogP contribution in [-0.4, -0.2) is 24.5 Å². The van der Waals surface area contributed by atoms with E-state index < -0.39 is 0 Å². The Labute approximate surface area is 190 Å². The summed E-state index contributed by atoms with van der Waals surface area (Å²) in [6, 6.07) is 15.7. The van der Waals surface area contributed by atoms with E-state index in [4.69, 9.17) is 4.74 Å². The minimum absolute atomic E-state index is 0. The van der Waals surface area contributed by atoms with E-state index in [1.54, 1.807) is 7.05 Å². The van der Waals surface area contributed by atoms with E-state index in [-0.39, 0.29) is 35.5 Å². The van der Waals surface area contributed by atoms with Crippen LogP contribution in [-0.2, 0) is 17.9 Å². The van der Waals surface area contributed by atoms with E-state index in [9.17, 15) is 4.79 Å². The Morgan fingerprint density at radius 3 is 2.38 bits per heavy atom. The molecular weight excluding hydrogens is 479 g/mol. The number of carbonyl (C=O) groups is 1. The SMILES string of the molecule is CN=C(NCc1cccc(NC(C)=O)c1)NCc1ccccc1OC(C)(C)C.I. The van der Waals surface area contributed by atoms with Crippen LogP contribution >= 0.6 is 24.0 Å². The van der Waals surface area contributed by atoms with Crippen molar-refractivity contribution in [2.75, 3.05) is 12.4 Å². The standard InChI is InChI=1S/C22H30N4O2.HI/c1-16(27)26-19-11-8-9-17(13-19)14-24-21(23-5)25-15-18-10-6-7-12-20(18)28-22(2,3)4;/h6-13H,14-15H2,1-5H3,(H,26,27)(H2,23,24,25);1H. The highest BCUT2D eigenvalue weighted by Gasteiger charge is 2.14. The first-order valence-corrected chi connectivity index (χ1v) is 9.35. The molecule has 0 aliphatic rings. The lowest BCUT2D eigenvalue weighted by atomic mass is 10.1. The second kappa shape index (κ2) is 11.6. The monoisotopic (exact) mass is 510 g/mol. The molecule has 0 fully saturated rings. The summed E-state index contributed by atoms with van der Waals surface area (Å²) in [4.78, 5) is 15.5. The zero-order valence-electron chi connectivity index (χ0n) is 17.7. The van der Waals surface area contributed by atoms with Crippen LogP contribution in [0.25, 0.3) is 0 Å². The zero-order chi connectivity index (χ0) is 20.6. The van der Waals surface area contributed by atoms with Gasteiger partial charge in [-0.3, -0.25) is 9.79 Å². The maximum atomic E-state index is 11.2. The number of anilines is 1. The van der Waals surface area contributed by atoms with Crippen LogP contribution in [0, 0.1) is 0 Å². The fraction of sp³-hybridized carbons (Fsp3) is 0.364. The van der Waals surface area contributed by atoms with Gasteiger partial charge in [-0.25, -0.2) is 0 Å². The summed E-state index contributed by atoms with van der Waals surface area (Å²) >= 11 is 0. The topological polar surface area (TPSA) is 74.8 Å². The predicted molar refractivity (Wildman–Crippen MR) is 130 cm³/mol. The average molecular weight is 510 g/mol. The average Bonchev–Trinajstić information content (AvgIpc) is 2.61. The Morgan fingerprint density at radius 2 is 1.72 bits per heavy atom. The molecule has 0 saturated heterocycles. The van der Waals surface area contributed by atoms with Gasteiger partial charge in [0.1, 0.15) is 11.4 Å². The quantitative estimate of drug-likeness (QED) is 0.308. The minimum Gasteiger partial charge on any atom is -0.488 e. The molecule has 2 aromatic carbocycles. The first kappa shape index (κ1) is 24.7. The number of para-hydroxylation sites is 1. The molecule has 2 rings (SSSR count). The minimum atomic E-state index is -0.255. The largest absolute Gasteiger partial charge is 0.488 e. The van der Waals surface area contributed by atoms with Gasteiger partial charge in [0.15, 0.2) is 5.96 Å². The van der Waals surface area contributed by atoms with Crippen LogP contribution < -0.4 is 20.7 Å². The number of nitrogens with zero attached hydrogens (tertiary/aromatic N) is 1. The first-order chi connectivity index (χ1) is 13.3. The van der Waals surface area contributed by atoms with Crippen molar-refractivity contribution in [1.29, 1.82) is 0 Å². The Bertz CT molecular complexity index is 832. The highest BCUT2D eigenvalue weighted by molar-refractivity contribution is 14.0. The molecule has 29 heavy (non-hydrogen) atoms. The second-order valence-corrected chi connectivity index (χ2v) is 7.48. The summed E-state index contributed by atoms with van der Waals surface area (Å²) in [5.41, 5.74) is 2.64. The highest BCUT2D eigenvalue weighted by Crippen LogP contribution is 2.22. The van der Waals surface area contributed by atoms with Gasteiger partial charge in [-0.2, -0.15) is 0 Å². The van der Waals surface area contributed by atoms with Crippen LogP contribution in [0.15, 0.2) is 53.5 Å². The molecule has 0 aliphatic carbocycles. The van der Waals surface area contributed by atoms with Crippen LogP contribution in [0.5, 0.6) is 5.75 Å². The van der Waals surface area contributed by atoms with Crippen molar-refractivity contribution in [1.82, 2.24) is 10.6 Å². The Morgan fingerprint density at radius 1 is 1.03 bits per heavy atom. The number of amides is 1. The lowest BCUT2D eigenvalue weighted by Gasteiger charge is -2.23. The predicted octanol–water partition coefficient (Wildman–Crippen LogP) is 4.31. The number of guanidine groups is 1. The molecule has 3 N–H and O–H groups in total. The van der Waals surface area contributed by atoms with Gasteiger partial charge in [-0.05, 0) is 44.5 Å². The Hall–Kier alpha value is -2.29. The normalized spacial score (nSPS) is 11.3. The molecule has 1 amide bonds. The molecule has 0 spiro atoms. The van der Waals surface area contributed by atoms with Crippen LogP contribution in [0.3, 0.4) is 0 Å². The second-order valence-electron chi connectivity index (χ2n) is 7.48. The molecule has 0 unspecified atom stereocenters. The zero-order valence-corrected chi connectivity index (χ0v) is 20.0. The van der Waals surface area contributed by atoms with Gasteiger partial charge < -0.3 is 20.7 Å². The molecule has 7 heteroatoms. The third kappa shape index (κ3) is 9.17. The third-order valence-corrected chi connectivity index (χ3v) is 3.77. The van der Waals surface area contributed by atoms with Crippen molar-refractivity contribution in [3.05, 3.63) is 59.7 Å². The fourth-order valence-electron chi connectivity index (χ4n) is 2.63. The molecule has 0 heterocycles. The van der Waals surface area contributed by atoms with E-state index in [0.717, 1.165) is 22.6 Å². The third-order valence-electron chi connectivity index (χ3n) is 3.77. The van der Waals surface area contributed by atoms with Gasteiger partial charge in [0.05, 0.1) is 0 Å².